The summed E-state index contributed by atoms with van der Waals surface area (Å²) in [4.78, 5) is 28.6. The zero-order valence-corrected chi connectivity index (χ0v) is 50.6. The Morgan fingerprint density at radius 3 is 1.94 bits per heavy atom. The molecule has 3 aliphatic heterocycles. The van der Waals surface area contributed by atoms with E-state index in [4.69, 9.17) is 99.4 Å². The first kappa shape index (κ1) is 74.9. The molecule has 0 aliphatic carbocycles. The molecule has 7 N–H and O–H groups in total. The number of nitrogens with zero attached hydrogens (tertiary/aromatic N) is 5. The van der Waals surface area contributed by atoms with Crippen LogP contribution in [0.1, 0.15) is 40.8 Å². The molecule has 2 aromatic carbocycles. The maximum atomic E-state index is 13.6. The molecule has 459 valence electrons. The van der Waals surface area contributed by atoms with Gasteiger partial charge in [-0.05, 0) is 36.1 Å². The number of ether oxygens (including phenoxy) is 12. The third-order valence-electron chi connectivity index (χ3n) is 11.2. The van der Waals surface area contributed by atoms with Crippen LogP contribution in [-0.4, -0.2) is 207 Å². The van der Waals surface area contributed by atoms with Crippen LogP contribution in [0.4, 0.5) is 13.2 Å². The number of carboxylic acid groups (broad SMARTS) is 1. The van der Waals surface area contributed by atoms with Crippen molar-refractivity contribution in [3.05, 3.63) is 104 Å². The van der Waals surface area contributed by atoms with Crippen molar-refractivity contribution in [2.75, 3.05) is 152 Å². The molecule has 30 heteroatoms. The van der Waals surface area contributed by atoms with Gasteiger partial charge in [0.05, 0.1) is 137 Å². The van der Waals surface area contributed by atoms with Gasteiger partial charge in [0.25, 0.3) is 6.47 Å². The number of likely N-dealkylation sites (N-methyl/N-ethyl adjacent to an activating group) is 1. The van der Waals surface area contributed by atoms with E-state index in [0.29, 0.717) is 143 Å². The van der Waals surface area contributed by atoms with Crippen molar-refractivity contribution >= 4 is 32.8 Å². The zero-order valence-electron chi connectivity index (χ0n) is 46.1. The number of nitrogens with two attached hydrogens (primary N) is 1. The van der Waals surface area contributed by atoms with Gasteiger partial charge in [-0.2, -0.15) is 13.2 Å². The van der Waals surface area contributed by atoms with Crippen molar-refractivity contribution in [1.29, 1.82) is 5.41 Å². The minimum atomic E-state index is -1.94. The topological polar surface area (TPSA) is 309 Å². The number of aromatic nitrogens is 3. The smallest absolute Gasteiger partial charge is 0.290 e. The molecular weight excluding hydrogens is 1200 g/mol. The molecule has 24 nitrogen and oxygen atoms in total. The van der Waals surface area contributed by atoms with E-state index >= 15 is 0 Å². The molecule has 1 radical (unpaired) electrons. The summed E-state index contributed by atoms with van der Waals surface area (Å²) in [6.07, 6.45) is 6.57. The third-order valence-corrected chi connectivity index (χ3v) is 11.7. The summed E-state index contributed by atoms with van der Waals surface area (Å²) in [5, 5.41) is 28.9. The largest absolute Gasteiger partial charge is 0.661 e. The van der Waals surface area contributed by atoms with Crippen molar-refractivity contribution in [1.82, 2.24) is 20.3 Å². The van der Waals surface area contributed by atoms with E-state index in [-0.39, 0.29) is 95.4 Å². The second kappa shape index (κ2) is 47.9. The Bertz CT molecular complexity index is 2240. The summed E-state index contributed by atoms with van der Waals surface area (Å²) in [5.41, 5.74) is 10.1. The Balaban J connectivity index is 0.000000760. The number of rotatable bonds is 38. The fourth-order valence-electron chi connectivity index (χ4n) is 7.30. The summed E-state index contributed by atoms with van der Waals surface area (Å²) in [5.74, 6) is 3.43. The van der Waals surface area contributed by atoms with Gasteiger partial charge in [-0.1, -0.05) is 28.7 Å². The molecule has 1 spiro atoms. The molecule has 3 aromatic rings. The predicted molar refractivity (Wildman–Crippen MR) is 292 cm³/mol. The number of hydrogen-bond acceptors (Lipinski definition) is 20. The Morgan fingerprint density at radius 1 is 0.866 bits per heavy atom. The van der Waals surface area contributed by atoms with Crippen molar-refractivity contribution in [2.45, 2.75) is 57.0 Å². The van der Waals surface area contributed by atoms with Gasteiger partial charge in [-0.25, -0.2) is 29.6 Å². The number of carbonyl (C=O) groups is 1. The number of nitrogens with one attached hydrogen (secondary N) is 2. The van der Waals surface area contributed by atoms with Crippen LogP contribution in [0.2, 0.25) is 0 Å². The average Bonchev–Trinajstić information content (AvgIpc) is 4.39. The van der Waals surface area contributed by atoms with Crippen molar-refractivity contribution < 1.29 is 122 Å². The molecule has 2 fully saturated rings. The standard InChI is InChI=1S/C40H53F3N4O10.C6H14NO4P.C5H8ClN3.CH2O2.Y/c41-34-25-38(42)36(39(43)26-34)6-9-50-12-15-53-18-17-52-14-11-49-8-5-35-27-47(46-45-35)31-56-23-22-55-21-20-54-19-16-51-13-10-48-7-1-2-32-3-4-37-33(24-32)28-57-40(37)29-44-30-40;7-6-2-1-5(11-6)3-10-4-12(8)9;1-8-3-5(2-7)4-9-6;2-1-3;/h3-4,24-27,44H,5-23,28-31H2;5-6,8-9H,1-4,7H2;2,4,7H,3H2,1H3;1H,(H,2,3);/q;;-2;;/b;;5-4-,7-2?;;. The average molecular weight is 1280 g/mol. The van der Waals surface area contributed by atoms with Crippen LogP contribution in [0.3, 0.4) is 0 Å². The Hall–Kier alpha value is -3.25. The molecule has 0 amide bonds. The van der Waals surface area contributed by atoms with Crippen LogP contribution in [0.25, 0.3) is 10.2 Å². The minimum absolute atomic E-state index is 0. The molecule has 82 heavy (non-hydrogen) atoms. The molecule has 1 aromatic heterocycles. The summed E-state index contributed by atoms with van der Waals surface area (Å²) in [6.45, 7) is 10.1. The van der Waals surface area contributed by atoms with Crippen molar-refractivity contribution in [3.8, 4) is 11.8 Å². The first-order chi connectivity index (χ1) is 39.5. The van der Waals surface area contributed by atoms with E-state index in [1.807, 2.05) is 12.3 Å². The van der Waals surface area contributed by atoms with Crippen molar-refractivity contribution in [2.24, 2.45) is 5.73 Å². The monoisotopic (exact) mass is 1280 g/mol. The van der Waals surface area contributed by atoms with Crippen molar-refractivity contribution in [3.63, 3.8) is 0 Å². The van der Waals surface area contributed by atoms with Crippen LogP contribution in [0.5, 0.6) is 0 Å². The second-order valence-electron chi connectivity index (χ2n) is 17.3. The Kier molecular flexibility index (Phi) is 43.8. The van der Waals surface area contributed by atoms with E-state index in [1.54, 1.807) is 11.7 Å². The van der Waals surface area contributed by atoms with Crippen LogP contribution in [-0.2, 0) is 126 Å². The Morgan fingerprint density at radius 2 is 1.43 bits per heavy atom. The van der Waals surface area contributed by atoms with Gasteiger partial charge in [0.15, 0.2) is 8.38 Å². The SMILES string of the molecule is C[N-]C/C(C=N)=C\[N-]Cl.Fc1cc(F)c(CCOCCOCCOCCOCCc2cn(COCCOCCOCCOCCOCC#Cc3ccc4c(c3)COC43CNC3)nn2)c(F)c1.NC1CCC(COCP(O)O)O1.O=CO.[Y]. The van der Waals surface area contributed by atoms with E-state index in [9.17, 15) is 13.2 Å². The maximum Gasteiger partial charge on any atom is 0.290 e. The molecule has 4 heterocycles. The van der Waals surface area contributed by atoms with Crippen LogP contribution in [0.15, 0.2) is 48.3 Å². The number of fused-ring (bicyclic) bond motifs is 2. The van der Waals surface area contributed by atoms with Gasteiger partial charge in [-0.3, -0.25) is 4.79 Å². The molecule has 0 bridgehead atoms. The quantitative estimate of drug-likeness (QED) is 0.0152. The fraction of sp³-hybridized carbons (Fsp3) is 0.615. The molecule has 2 saturated heterocycles. The van der Waals surface area contributed by atoms with E-state index in [0.717, 1.165) is 37.2 Å². The third kappa shape index (κ3) is 33.4. The summed E-state index contributed by atoms with van der Waals surface area (Å²) < 4.78 is 108. The molecular formula is C52H77ClF3N8O16PY-2. The zero-order chi connectivity index (χ0) is 58.6. The second-order valence-corrected chi connectivity index (χ2v) is 18.5. The van der Waals surface area contributed by atoms with Gasteiger partial charge in [-0.15, -0.1) is 11.6 Å². The van der Waals surface area contributed by atoms with Crippen LogP contribution >= 0.6 is 20.2 Å². The van der Waals surface area contributed by atoms with Gasteiger partial charge in [0, 0.05) is 88.1 Å². The van der Waals surface area contributed by atoms with Crippen LogP contribution in [0, 0.1) is 34.7 Å². The first-order valence-corrected chi connectivity index (χ1v) is 27.7. The molecule has 3 aliphatic rings. The fourth-order valence-corrected chi connectivity index (χ4v) is 7.70. The predicted octanol–water partition coefficient (Wildman–Crippen LogP) is 4.44. The number of benzene rings is 2. The van der Waals surface area contributed by atoms with Gasteiger partial charge >= 0.3 is 0 Å². The first-order valence-electron chi connectivity index (χ1n) is 25.9. The van der Waals surface area contributed by atoms with E-state index in [2.05, 4.69) is 49.8 Å². The molecule has 2 unspecified atom stereocenters. The maximum absolute atomic E-state index is 13.6. The van der Waals surface area contributed by atoms with E-state index in [1.165, 1.54) is 23.5 Å². The summed E-state index contributed by atoms with van der Waals surface area (Å²) in [7, 11) is -0.269. The Labute approximate surface area is 508 Å². The van der Waals surface area contributed by atoms with Crippen LogP contribution < -0.4 is 11.1 Å². The van der Waals surface area contributed by atoms with Gasteiger partial charge < -0.3 is 98.3 Å². The molecule has 6 rings (SSSR count). The van der Waals surface area contributed by atoms with Gasteiger partial charge in [0.1, 0.15) is 49.0 Å². The minimum Gasteiger partial charge on any atom is -0.661 e. The molecule has 0 saturated carbocycles. The normalized spacial score (nSPS) is 15.6. The summed E-state index contributed by atoms with van der Waals surface area (Å²) in [6, 6.07) is 7.60. The molecule has 2 atom stereocenters. The van der Waals surface area contributed by atoms with E-state index < -0.39 is 25.8 Å². The number of halogens is 4. The summed E-state index contributed by atoms with van der Waals surface area (Å²) >= 11 is 5.01. The number of hydrogen-bond donors (Lipinski definition) is 6. The van der Waals surface area contributed by atoms with Gasteiger partial charge in [0.2, 0.25) is 0 Å².